The predicted molar refractivity (Wildman–Crippen MR) is 132 cm³/mol. The van der Waals surface area contributed by atoms with Crippen molar-refractivity contribution in [1.82, 2.24) is 9.78 Å². The summed E-state index contributed by atoms with van der Waals surface area (Å²) in [6, 6.07) is 17.3. The molecule has 5 rings (SSSR count). The zero-order valence-electron chi connectivity index (χ0n) is 19.9. The van der Waals surface area contributed by atoms with Crippen LogP contribution in [0.25, 0.3) is 21.7 Å². The maximum Gasteiger partial charge on any atom is 0.335 e. The van der Waals surface area contributed by atoms with Crippen LogP contribution >= 0.6 is 0 Å². The lowest BCUT2D eigenvalue weighted by molar-refractivity contribution is -0.159. The molecule has 7 heteroatoms. The second-order valence-electron chi connectivity index (χ2n) is 9.58. The molecule has 180 valence electrons. The molecule has 1 N–H and O–H groups in total. The van der Waals surface area contributed by atoms with Crippen LogP contribution in [0.3, 0.4) is 0 Å². The largest absolute Gasteiger partial charge is 0.488 e. The van der Waals surface area contributed by atoms with E-state index in [1.54, 1.807) is 30.1 Å². The molecule has 4 aromatic rings. The number of ether oxygens (including phenoxy) is 2. The Balaban J connectivity index is 1.25. The second kappa shape index (κ2) is 9.06. The maximum absolute atomic E-state index is 13.1. The van der Waals surface area contributed by atoms with E-state index >= 15 is 0 Å². The first-order valence-corrected chi connectivity index (χ1v) is 11.8. The standard InChI is InChI=1S/C28H28N2O5/c1-28(27(33)34-17-19-8-5-7-18-6-3-4-9-23(18)19)12-10-22(11-13-28)35-24-15-20(26(31)32)14-21-16-29-30(2)25(21)24/h3-9,14-16,22H,10-13,17H2,1-2H3,(H,31,32). The van der Waals surface area contributed by atoms with Crippen LogP contribution in [-0.4, -0.2) is 32.9 Å². The van der Waals surface area contributed by atoms with Gasteiger partial charge in [0.05, 0.1) is 23.3 Å². The van der Waals surface area contributed by atoms with E-state index < -0.39 is 11.4 Å². The number of hydrogen-bond acceptors (Lipinski definition) is 5. The minimum Gasteiger partial charge on any atom is -0.488 e. The molecule has 0 saturated heterocycles. The van der Waals surface area contributed by atoms with Crippen molar-refractivity contribution < 1.29 is 24.2 Å². The van der Waals surface area contributed by atoms with E-state index in [2.05, 4.69) is 17.2 Å². The van der Waals surface area contributed by atoms with E-state index in [9.17, 15) is 14.7 Å². The number of aromatic nitrogens is 2. The molecule has 0 bridgehead atoms. The number of nitrogens with zero attached hydrogens (tertiary/aromatic N) is 2. The smallest absolute Gasteiger partial charge is 0.335 e. The van der Waals surface area contributed by atoms with Crippen molar-refractivity contribution in [3.63, 3.8) is 0 Å². The van der Waals surface area contributed by atoms with Gasteiger partial charge in [0.25, 0.3) is 0 Å². The van der Waals surface area contributed by atoms with E-state index in [0.717, 1.165) is 27.2 Å². The summed E-state index contributed by atoms with van der Waals surface area (Å²) < 4.78 is 13.7. The number of benzene rings is 3. The Morgan fingerprint density at radius 2 is 1.83 bits per heavy atom. The summed E-state index contributed by atoms with van der Waals surface area (Å²) in [5.74, 6) is -0.691. The molecule has 3 aromatic carbocycles. The van der Waals surface area contributed by atoms with Gasteiger partial charge in [-0.1, -0.05) is 42.5 Å². The van der Waals surface area contributed by atoms with Crippen molar-refractivity contribution >= 4 is 33.6 Å². The summed E-state index contributed by atoms with van der Waals surface area (Å²) in [4.78, 5) is 24.6. The van der Waals surface area contributed by atoms with Crippen LogP contribution in [-0.2, 0) is 23.2 Å². The third kappa shape index (κ3) is 4.46. The van der Waals surface area contributed by atoms with Crippen molar-refractivity contribution in [2.24, 2.45) is 12.5 Å². The van der Waals surface area contributed by atoms with Crippen LogP contribution in [0.5, 0.6) is 5.75 Å². The first kappa shape index (κ1) is 22.9. The van der Waals surface area contributed by atoms with E-state index in [1.165, 1.54) is 0 Å². The Morgan fingerprint density at radius 3 is 2.60 bits per heavy atom. The van der Waals surface area contributed by atoms with Crippen molar-refractivity contribution in [3.05, 3.63) is 71.9 Å². The van der Waals surface area contributed by atoms with Crippen LogP contribution in [0, 0.1) is 5.41 Å². The average molecular weight is 473 g/mol. The van der Waals surface area contributed by atoms with Crippen LogP contribution in [0.4, 0.5) is 0 Å². The van der Waals surface area contributed by atoms with Gasteiger partial charge in [0.2, 0.25) is 0 Å². The molecular weight excluding hydrogens is 444 g/mol. The molecule has 1 heterocycles. The molecule has 7 nitrogen and oxygen atoms in total. The molecule has 1 fully saturated rings. The lowest BCUT2D eigenvalue weighted by Crippen LogP contribution is -2.37. The molecule has 1 aliphatic rings. The van der Waals surface area contributed by atoms with E-state index in [0.29, 0.717) is 31.4 Å². The van der Waals surface area contributed by atoms with Crippen LogP contribution in [0.2, 0.25) is 0 Å². The third-order valence-electron chi connectivity index (χ3n) is 7.11. The minimum atomic E-state index is -1.01. The lowest BCUT2D eigenvalue weighted by Gasteiger charge is -2.35. The van der Waals surface area contributed by atoms with Gasteiger partial charge in [-0.25, -0.2) is 4.79 Å². The molecule has 0 aliphatic heterocycles. The molecule has 0 atom stereocenters. The van der Waals surface area contributed by atoms with Crippen LogP contribution in [0.15, 0.2) is 60.8 Å². The van der Waals surface area contributed by atoms with Crippen LogP contribution in [0.1, 0.15) is 48.5 Å². The lowest BCUT2D eigenvalue weighted by atomic mass is 9.74. The first-order valence-electron chi connectivity index (χ1n) is 11.8. The van der Waals surface area contributed by atoms with Gasteiger partial charge < -0.3 is 14.6 Å². The highest BCUT2D eigenvalue weighted by molar-refractivity contribution is 5.96. The van der Waals surface area contributed by atoms with Crippen molar-refractivity contribution in [2.75, 3.05) is 0 Å². The predicted octanol–water partition coefficient (Wildman–Crippen LogP) is 5.50. The highest BCUT2D eigenvalue weighted by atomic mass is 16.5. The zero-order chi connectivity index (χ0) is 24.6. The normalized spacial score (nSPS) is 20.1. The fourth-order valence-corrected chi connectivity index (χ4v) is 4.96. The van der Waals surface area contributed by atoms with Crippen LogP contribution < -0.4 is 4.74 Å². The Hall–Kier alpha value is -3.87. The summed E-state index contributed by atoms with van der Waals surface area (Å²) in [5, 5.41) is 16.7. The highest BCUT2D eigenvalue weighted by Gasteiger charge is 2.39. The number of carbonyl (C=O) groups is 2. The van der Waals surface area contributed by atoms with Gasteiger partial charge in [-0.15, -0.1) is 0 Å². The number of rotatable bonds is 6. The maximum atomic E-state index is 13.1. The third-order valence-corrected chi connectivity index (χ3v) is 7.11. The summed E-state index contributed by atoms with van der Waals surface area (Å²) >= 11 is 0. The van der Waals surface area contributed by atoms with Gasteiger partial charge in [-0.2, -0.15) is 5.10 Å². The molecular formula is C28H28N2O5. The molecule has 35 heavy (non-hydrogen) atoms. The quantitative estimate of drug-likeness (QED) is 0.373. The fraction of sp³-hybridized carbons (Fsp3) is 0.321. The molecule has 0 radical (unpaired) electrons. The van der Waals surface area contributed by atoms with Crippen molar-refractivity contribution in [1.29, 1.82) is 0 Å². The summed E-state index contributed by atoms with van der Waals surface area (Å²) in [7, 11) is 1.81. The molecule has 1 aromatic heterocycles. The molecule has 0 spiro atoms. The SMILES string of the molecule is Cn1ncc2cc(C(=O)O)cc(OC3CCC(C)(C(=O)OCc4cccc5ccccc45)CC3)c21. The topological polar surface area (TPSA) is 90.7 Å². The number of hydrogen-bond donors (Lipinski definition) is 1. The van der Waals surface area contributed by atoms with Gasteiger partial charge in [0.1, 0.15) is 17.9 Å². The molecule has 0 amide bonds. The van der Waals surface area contributed by atoms with Crippen molar-refractivity contribution in [3.8, 4) is 5.75 Å². The zero-order valence-corrected chi connectivity index (χ0v) is 19.9. The first-order chi connectivity index (χ1) is 16.8. The van der Waals surface area contributed by atoms with Gasteiger partial charge >= 0.3 is 11.9 Å². The average Bonchev–Trinajstić information content (AvgIpc) is 3.24. The number of aryl methyl sites for hydroxylation is 1. The Labute approximate surface area is 203 Å². The number of carboxylic acids is 1. The summed E-state index contributed by atoms with van der Waals surface area (Å²) in [5.41, 5.74) is 1.35. The number of esters is 1. The van der Waals surface area contributed by atoms with Gasteiger partial charge in [0, 0.05) is 12.4 Å². The number of carboxylic acid groups (broad SMARTS) is 1. The number of carbonyl (C=O) groups excluding carboxylic acids is 1. The van der Waals surface area contributed by atoms with Crippen molar-refractivity contribution in [2.45, 2.75) is 45.3 Å². The second-order valence-corrected chi connectivity index (χ2v) is 9.58. The molecule has 1 saturated carbocycles. The van der Waals surface area contributed by atoms with E-state index in [1.807, 2.05) is 37.3 Å². The number of fused-ring (bicyclic) bond motifs is 2. The van der Waals surface area contributed by atoms with Gasteiger partial charge in [-0.3, -0.25) is 9.48 Å². The van der Waals surface area contributed by atoms with Gasteiger partial charge in [0.15, 0.2) is 0 Å². The Bertz CT molecular complexity index is 1410. The minimum absolute atomic E-state index is 0.115. The molecule has 0 unspecified atom stereocenters. The Kier molecular flexibility index (Phi) is 5.93. The monoisotopic (exact) mass is 472 g/mol. The van der Waals surface area contributed by atoms with E-state index in [4.69, 9.17) is 9.47 Å². The summed E-state index contributed by atoms with van der Waals surface area (Å²) in [6.45, 7) is 2.20. The van der Waals surface area contributed by atoms with E-state index in [-0.39, 0.29) is 24.2 Å². The molecule has 1 aliphatic carbocycles. The summed E-state index contributed by atoms with van der Waals surface area (Å²) in [6.07, 6.45) is 4.15. The fourth-order valence-electron chi connectivity index (χ4n) is 4.96. The number of aromatic carboxylic acids is 1. The van der Waals surface area contributed by atoms with Gasteiger partial charge in [-0.05, 0) is 61.1 Å². The Morgan fingerprint density at radius 1 is 1.09 bits per heavy atom. The highest BCUT2D eigenvalue weighted by Crippen LogP contribution is 2.40.